The molecular weight excluding hydrogens is 375 g/mol. The van der Waals surface area contributed by atoms with Crippen molar-refractivity contribution in [2.45, 2.75) is 11.8 Å². The monoisotopic (exact) mass is 386 g/mol. The molecule has 2 heteroatoms. The molecule has 0 saturated heterocycles. The highest BCUT2D eigenvalue weighted by Gasteiger charge is 2.12. The Morgan fingerprint density at radius 3 is 2.25 bits per heavy atom. The van der Waals surface area contributed by atoms with Crippen molar-refractivity contribution in [3.05, 3.63) is 68.8 Å². The van der Waals surface area contributed by atoms with Crippen molar-refractivity contribution in [2.75, 3.05) is 0 Å². The molecule has 2 rings (SSSR count). The summed E-state index contributed by atoms with van der Waals surface area (Å²) in [5.74, 6) is 0. The maximum absolute atomic E-state index is 3.76. The number of rotatable bonds is 2. The highest BCUT2D eigenvalue weighted by Crippen LogP contribution is 2.33. The summed E-state index contributed by atoms with van der Waals surface area (Å²) in [5, 5.41) is 0. The van der Waals surface area contributed by atoms with Gasteiger partial charge in [0.1, 0.15) is 0 Å². The molecule has 0 aliphatic heterocycles. The zero-order valence-electron chi connectivity index (χ0n) is 8.95. The zero-order chi connectivity index (χ0) is 11.5. The molecule has 2 aromatic rings. The van der Waals surface area contributed by atoms with Crippen molar-refractivity contribution in [3.8, 4) is 0 Å². The van der Waals surface area contributed by atoms with Crippen molar-refractivity contribution in [2.24, 2.45) is 0 Å². The fourth-order valence-corrected chi connectivity index (χ4v) is 3.43. The standard InChI is InChI=1S/C14H12BrI/c1-10-6-8-11(9-7-10)14(15)12-4-2-3-5-13(12)16/h2-9,14H,1H3. The fraction of sp³-hybridized carbons (Fsp3) is 0.143. The first kappa shape index (κ1) is 12.1. The van der Waals surface area contributed by atoms with E-state index >= 15 is 0 Å². The minimum Gasteiger partial charge on any atom is -0.0786 e. The van der Waals surface area contributed by atoms with Gasteiger partial charge in [0.15, 0.2) is 0 Å². The summed E-state index contributed by atoms with van der Waals surface area (Å²) in [4.78, 5) is 0.279. The van der Waals surface area contributed by atoms with Gasteiger partial charge in [0.25, 0.3) is 0 Å². The number of alkyl halides is 1. The number of aryl methyl sites for hydroxylation is 1. The van der Waals surface area contributed by atoms with Crippen molar-refractivity contribution in [1.82, 2.24) is 0 Å². The highest BCUT2D eigenvalue weighted by molar-refractivity contribution is 14.1. The molecule has 0 saturated carbocycles. The van der Waals surface area contributed by atoms with Gasteiger partial charge < -0.3 is 0 Å². The van der Waals surface area contributed by atoms with Gasteiger partial charge in [-0.15, -0.1) is 0 Å². The Bertz CT molecular complexity index is 476. The highest BCUT2D eigenvalue weighted by atomic mass is 127. The predicted octanol–water partition coefficient (Wildman–Crippen LogP) is 5.08. The number of hydrogen-bond acceptors (Lipinski definition) is 0. The van der Waals surface area contributed by atoms with Crippen LogP contribution in [0.25, 0.3) is 0 Å². The van der Waals surface area contributed by atoms with Gasteiger partial charge in [-0.25, -0.2) is 0 Å². The zero-order valence-corrected chi connectivity index (χ0v) is 12.7. The van der Waals surface area contributed by atoms with Gasteiger partial charge >= 0.3 is 0 Å². The molecule has 0 bridgehead atoms. The summed E-state index contributed by atoms with van der Waals surface area (Å²) in [7, 11) is 0. The van der Waals surface area contributed by atoms with Crippen LogP contribution in [0.1, 0.15) is 21.5 Å². The summed E-state index contributed by atoms with van der Waals surface area (Å²) < 4.78 is 1.29. The summed E-state index contributed by atoms with van der Waals surface area (Å²) in [6.07, 6.45) is 0. The van der Waals surface area contributed by atoms with Gasteiger partial charge in [-0.1, -0.05) is 64.0 Å². The molecule has 2 aromatic carbocycles. The normalized spacial score (nSPS) is 12.4. The van der Waals surface area contributed by atoms with Crippen molar-refractivity contribution in [3.63, 3.8) is 0 Å². The smallest absolute Gasteiger partial charge is 0.0654 e. The molecule has 0 aromatic heterocycles. The van der Waals surface area contributed by atoms with Crippen molar-refractivity contribution >= 4 is 38.5 Å². The summed E-state index contributed by atoms with van der Waals surface area (Å²) in [6.45, 7) is 2.11. The van der Waals surface area contributed by atoms with Crippen LogP contribution in [-0.2, 0) is 0 Å². The molecule has 1 atom stereocenters. The van der Waals surface area contributed by atoms with Gasteiger partial charge in [0, 0.05) is 3.57 Å². The number of halogens is 2. The Kier molecular flexibility index (Phi) is 4.03. The van der Waals surface area contributed by atoms with Crippen LogP contribution in [0.5, 0.6) is 0 Å². The van der Waals surface area contributed by atoms with E-state index in [0.717, 1.165) is 0 Å². The van der Waals surface area contributed by atoms with Gasteiger partial charge in [0.2, 0.25) is 0 Å². The second kappa shape index (κ2) is 5.32. The van der Waals surface area contributed by atoms with Crippen LogP contribution in [0.15, 0.2) is 48.5 Å². The van der Waals surface area contributed by atoms with E-state index < -0.39 is 0 Å². The Morgan fingerprint density at radius 1 is 1.00 bits per heavy atom. The first-order valence-corrected chi connectivity index (χ1v) is 7.13. The van der Waals surface area contributed by atoms with Gasteiger partial charge in [0.05, 0.1) is 4.83 Å². The second-order valence-corrected chi connectivity index (χ2v) is 5.87. The lowest BCUT2D eigenvalue weighted by Gasteiger charge is -2.12. The minimum absolute atomic E-state index is 0.279. The Morgan fingerprint density at radius 2 is 1.62 bits per heavy atom. The van der Waals surface area contributed by atoms with Gasteiger partial charge in [-0.2, -0.15) is 0 Å². The third kappa shape index (κ3) is 2.66. The van der Waals surface area contributed by atoms with E-state index in [-0.39, 0.29) is 4.83 Å². The molecule has 0 aliphatic rings. The molecule has 0 amide bonds. The van der Waals surface area contributed by atoms with E-state index in [2.05, 4.69) is 94.0 Å². The van der Waals surface area contributed by atoms with E-state index in [1.807, 2.05) is 0 Å². The maximum Gasteiger partial charge on any atom is 0.0654 e. The summed E-state index contributed by atoms with van der Waals surface area (Å²) in [5.41, 5.74) is 3.92. The topological polar surface area (TPSA) is 0 Å². The van der Waals surface area contributed by atoms with Crippen LogP contribution in [-0.4, -0.2) is 0 Å². The number of hydrogen-bond donors (Lipinski definition) is 0. The van der Waals surface area contributed by atoms with E-state index in [9.17, 15) is 0 Å². The van der Waals surface area contributed by atoms with E-state index in [0.29, 0.717) is 0 Å². The molecule has 82 valence electrons. The minimum atomic E-state index is 0.279. The first-order valence-electron chi connectivity index (χ1n) is 5.13. The van der Waals surface area contributed by atoms with Crippen LogP contribution in [0.4, 0.5) is 0 Å². The quantitative estimate of drug-likeness (QED) is 0.498. The molecule has 0 N–H and O–H groups in total. The fourth-order valence-electron chi connectivity index (χ4n) is 1.60. The molecular formula is C14H12BrI. The Hall–Kier alpha value is -0.350. The van der Waals surface area contributed by atoms with E-state index in [4.69, 9.17) is 0 Å². The average molecular weight is 387 g/mol. The molecule has 0 radical (unpaired) electrons. The predicted molar refractivity (Wildman–Crippen MR) is 81.1 cm³/mol. The van der Waals surface area contributed by atoms with Crippen molar-refractivity contribution < 1.29 is 0 Å². The van der Waals surface area contributed by atoms with Crippen LogP contribution in [0.3, 0.4) is 0 Å². The molecule has 0 fully saturated rings. The lowest BCUT2D eigenvalue weighted by atomic mass is 10.0. The molecule has 0 heterocycles. The van der Waals surface area contributed by atoms with Crippen LogP contribution >= 0.6 is 38.5 Å². The molecule has 0 spiro atoms. The van der Waals surface area contributed by atoms with Crippen molar-refractivity contribution in [1.29, 1.82) is 0 Å². The SMILES string of the molecule is Cc1ccc(C(Br)c2ccccc2I)cc1. The summed E-state index contributed by atoms with van der Waals surface area (Å²) in [6, 6.07) is 17.1. The third-order valence-corrected chi connectivity index (χ3v) is 4.55. The molecule has 0 nitrogen and oxygen atoms in total. The van der Waals surface area contributed by atoms with Crippen LogP contribution in [0, 0.1) is 10.5 Å². The number of benzene rings is 2. The van der Waals surface area contributed by atoms with Crippen LogP contribution < -0.4 is 0 Å². The lowest BCUT2D eigenvalue weighted by Crippen LogP contribution is -1.95. The first-order chi connectivity index (χ1) is 7.68. The maximum atomic E-state index is 3.76. The largest absolute Gasteiger partial charge is 0.0786 e. The Balaban J connectivity index is 2.35. The summed E-state index contributed by atoms with van der Waals surface area (Å²) >= 11 is 6.14. The average Bonchev–Trinajstić information content (AvgIpc) is 2.30. The molecule has 1 unspecified atom stereocenters. The van der Waals surface area contributed by atoms with E-state index in [1.54, 1.807) is 0 Å². The lowest BCUT2D eigenvalue weighted by molar-refractivity contribution is 1.16. The van der Waals surface area contributed by atoms with Gasteiger partial charge in [-0.05, 0) is 46.7 Å². The van der Waals surface area contributed by atoms with Crippen LogP contribution in [0.2, 0.25) is 0 Å². The van der Waals surface area contributed by atoms with Gasteiger partial charge in [-0.3, -0.25) is 0 Å². The second-order valence-electron chi connectivity index (χ2n) is 3.79. The van der Waals surface area contributed by atoms with E-state index in [1.165, 1.54) is 20.3 Å². The Labute approximate surface area is 118 Å². The molecule has 16 heavy (non-hydrogen) atoms. The third-order valence-electron chi connectivity index (χ3n) is 2.55. The molecule has 0 aliphatic carbocycles.